The van der Waals surface area contributed by atoms with Gasteiger partial charge in [0.25, 0.3) is 0 Å². The summed E-state index contributed by atoms with van der Waals surface area (Å²) in [6, 6.07) is 111. The van der Waals surface area contributed by atoms with Crippen molar-refractivity contribution in [2.75, 3.05) is 19.6 Å². The highest BCUT2D eigenvalue weighted by molar-refractivity contribution is 6.30. The number of rotatable bonds is 16. The van der Waals surface area contributed by atoms with E-state index in [2.05, 4.69) is 0 Å². The van der Waals surface area contributed by atoms with Crippen LogP contribution in [0.5, 0.6) is 0 Å². The molecule has 20 aromatic carbocycles. The number of benzene rings is 20. The quantitative estimate of drug-likeness (QED) is 0.0706. The van der Waals surface area contributed by atoms with Crippen molar-refractivity contribution in [2.45, 2.75) is 27.7 Å². The molecule has 12 heteroatoms. The van der Waals surface area contributed by atoms with Gasteiger partial charge in [-0.25, -0.2) is 35.1 Å². The van der Waals surface area contributed by atoms with Crippen LogP contribution in [0.2, 0.25) is 0 Å². The van der Waals surface area contributed by atoms with Crippen LogP contribution in [0.1, 0.15) is 22.3 Å². The Hall–Kier alpha value is -14.9. The maximum atomic E-state index is 16.4. The highest BCUT2D eigenvalue weighted by Crippen LogP contribution is 2.53. The molecule has 580 valence electrons. The molecule has 0 atom stereocenters. The lowest BCUT2D eigenvalue weighted by atomic mass is 9.91. The first-order valence-electron chi connectivity index (χ1n) is 39.5. The molecule has 120 heavy (non-hydrogen) atoms. The van der Waals surface area contributed by atoms with Crippen molar-refractivity contribution < 1.29 is 35.1 Å². The first-order chi connectivity index (χ1) is 58.5. The molecule has 0 saturated heterocycles. The molecule has 0 unspecified atom stereocenters. The van der Waals surface area contributed by atoms with E-state index >= 15 is 35.1 Å². The largest absolute Gasteiger partial charge is 0.307 e. The zero-order valence-electron chi connectivity index (χ0n) is 65.5. The zero-order chi connectivity index (χ0) is 82.1. The van der Waals surface area contributed by atoms with Crippen LogP contribution < -0.4 is 19.6 Å². The molecule has 0 spiro atoms. The molecule has 0 N–H and O–H groups in total. The average molecular weight is 1580 g/mol. The molecule has 0 aliphatic heterocycles. The van der Waals surface area contributed by atoms with Crippen molar-refractivity contribution in [3.63, 3.8) is 0 Å². The number of aryl methyl sites for hydroxylation is 4. The Morgan fingerprint density at radius 1 is 0.167 bits per heavy atom. The van der Waals surface area contributed by atoms with Crippen LogP contribution in [0.15, 0.2) is 364 Å². The van der Waals surface area contributed by atoms with Crippen LogP contribution >= 0.6 is 0 Å². The molecule has 0 bridgehead atoms. The van der Waals surface area contributed by atoms with Crippen LogP contribution in [0.25, 0.3) is 109 Å². The number of para-hydroxylation sites is 4. The van der Waals surface area contributed by atoms with Crippen molar-refractivity contribution in [2.24, 2.45) is 0 Å². The van der Waals surface area contributed by atoms with Gasteiger partial charge in [-0.1, -0.05) is 265 Å². The van der Waals surface area contributed by atoms with E-state index in [4.69, 9.17) is 0 Å². The Bertz CT molecular complexity index is 6880. The number of halogens is 8. The summed E-state index contributed by atoms with van der Waals surface area (Å²) in [7, 11) is 0. The normalized spacial score (nSPS) is 11.5. The predicted octanol–water partition coefficient (Wildman–Crippen LogP) is 32.1. The van der Waals surface area contributed by atoms with Crippen molar-refractivity contribution in [1.82, 2.24) is 0 Å². The summed E-state index contributed by atoms with van der Waals surface area (Å²) in [4.78, 5) is 7.38. The number of nitrogens with zero attached hydrogens (tertiary/aromatic N) is 4. The summed E-state index contributed by atoms with van der Waals surface area (Å²) in [6.45, 7) is 7.81. The lowest BCUT2D eigenvalue weighted by Crippen LogP contribution is -2.13. The van der Waals surface area contributed by atoms with Gasteiger partial charge in [0.05, 0.1) is 45.5 Å². The standard InChI is InChI=1S/2C54H36F4N2/c1-33-11-9-13-37(27-33)43-29-51(47(57)31-45(43)55)59(39-15-5-3-6-16-39)49-25-21-35-20-24-42-50(26-22-36-19-23-41(49)53(35)54(36)42)60(40-17-7-4-8-18-40)52-30-44(46(56)32-48(52)58)38-14-10-12-34(2)28-38;1-33-13-17-35(18-14-33)43-29-51(47(57)31-45(43)55)59(39-9-5-3-6-10-39)49-27-23-37-22-26-42-50(28-24-38-21-25-41(49)53(37)54(38)42)60(40-11-7-4-8-12-40)52-30-44(46(56)32-48(52)58)36-19-15-34(2)16-20-36/h2*3-32H,1-2H3. The first-order valence-corrected chi connectivity index (χ1v) is 39.5. The van der Waals surface area contributed by atoms with Crippen molar-refractivity contribution in [3.8, 4) is 44.5 Å². The molecule has 20 rings (SSSR count). The molecule has 0 aromatic heterocycles. The van der Waals surface area contributed by atoms with Crippen molar-refractivity contribution >= 4 is 133 Å². The van der Waals surface area contributed by atoms with E-state index in [9.17, 15) is 0 Å². The second-order valence-corrected chi connectivity index (χ2v) is 30.5. The van der Waals surface area contributed by atoms with Gasteiger partial charge in [0, 0.05) is 90.8 Å². The fourth-order valence-corrected chi connectivity index (χ4v) is 17.1. The van der Waals surface area contributed by atoms with Gasteiger partial charge in [0.2, 0.25) is 0 Å². The highest BCUT2D eigenvalue weighted by atomic mass is 19.2. The number of anilines is 12. The minimum Gasteiger partial charge on any atom is -0.307 e. The van der Waals surface area contributed by atoms with Crippen LogP contribution in [-0.4, -0.2) is 0 Å². The summed E-state index contributed by atoms with van der Waals surface area (Å²) in [5, 5.41) is 10.9. The molecule has 0 fully saturated rings. The summed E-state index contributed by atoms with van der Waals surface area (Å²) < 4.78 is 128. The molecule has 20 aromatic rings. The minimum absolute atomic E-state index is 0.195. The molecule has 0 heterocycles. The molecule has 0 radical (unpaired) electrons. The van der Waals surface area contributed by atoms with Gasteiger partial charge in [-0.05, 0) is 190 Å². The van der Waals surface area contributed by atoms with Crippen LogP contribution in [-0.2, 0) is 0 Å². The van der Waals surface area contributed by atoms with Gasteiger partial charge in [-0.2, -0.15) is 0 Å². The van der Waals surface area contributed by atoms with Crippen molar-refractivity contribution in [1.29, 1.82) is 0 Å². The van der Waals surface area contributed by atoms with Gasteiger partial charge in [-0.15, -0.1) is 0 Å². The van der Waals surface area contributed by atoms with E-state index in [1.165, 1.54) is 0 Å². The van der Waals surface area contributed by atoms with E-state index < -0.39 is 46.5 Å². The van der Waals surface area contributed by atoms with E-state index in [1.807, 2.05) is 363 Å². The van der Waals surface area contributed by atoms with E-state index in [0.717, 1.165) is 111 Å². The van der Waals surface area contributed by atoms with Crippen LogP contribution in [0.4, 0.5) is 103 Å². The number of hydrogen-bond donors (Lipinski definition) is 0. The van der Waals surface area contributed by atoms with Gasteiger partial charge in [-0.3, -0.25) is 0 Å². The molecule has 0 aliphatic carbocycles. The Morgan fingerprint density at radius 2 is 0.400 bits per heavy atom. The Morgan fingerprint density at radius 3 is 0.642 bits per heavy atom. The third-order valence-electron chi connectivity index (χ3n) is 22.8. The maximum absolute atomic E-state index is 16.4. The highest BCUT2D eigenvalue weighted by Gasteiger charge is 2.30. The third-order valence-corrected chi connectivity index (χ3v) is 22.8. The molecule has 4 nitrogen and oxygen atoms in total. The summed E-state index contributed by atoms with van der Waals surface area (Å²) >= 11 is 0. The molecular formula is C108H72F8N4. The Labute approximate surface area is 688 Å². The second-order valence-electron chi connectivity index (χ2n) is 30.5. The SMILES string of the molecule is Cc1ccc(-c2cc(N(c3ccccc3)c3ccc4ccc5c(N(c6ccccc6)c6cc(-c7ccc(C)cc7)c(F)cc6F)ccc6ccc3c4c65)c(F)cc2F)cc1.Cc1cccc(-c2cc(N(c3ccccc3)c3ccc4ccc5c(N(c6ccccc6)c6cc(-c7cccc(C)c7)c(F)cc6F)ccc6ccc3c4c65)c(F)cc2F)c1. The monoisotopic (exact) mass is 1580 g/mol. The Kier molecular flexibility index (Phi) is 19.4. The molecule has 0 amide bonds. The third kappa shape index (κ3) is 13.6. The maximum Gasteiger partial charge on any atom is 0.150 e. The summed E-state index contributed by atoms with van der Waals surface area (Å²) in [5.41, 5.74) is 14.1. The zero-order valence-corrected chi connectivity index (χ0v) is 65.5. The minimum atomic E-state index is -0.704. The molecule has 0 saturated carbocycles. The predicted molar refractivity (Wildman–Crippen MR) is 479 cm³/mol. The molecule has 0 aliphatic rings. The average Bonchev–Trinajstić information content (AvgIpc) is 0.721. The van der Waals surface area contributed by atoms with Gasteiger partial charge in [0.15, 0.2) is 0 Å². The van der Waals surface area contributed by atoms with Crippen molar-refractivity contribution in [3.05, 3.63) is 433 Å². The van der Waals surface area contributed by atoms with Gasteiger partial charge in [0.1, 0.15) is 46.5 Å². The first kappa shape index (κ1) is 75.2. The topological polar surface area (TPSA) is 13.0 Å². The lowest BCUT2D eigenvalue weighted by Gasteiger charge is -2.30. The Balaban J connectivity index is 0.000000159. The lowest BCUT2D eigenvalue weighted by molar-refractivity contribution is 0.586. The van der Waals surface area contributed by atoms with Gasteiger partial charge >= 0.3 is 0 Å². The van der Waals surface area contributed by atoms with Gasteiger partial charge < -0.3 is 19.6 Å². The fourth-order valence-electron chi connectivity index (χ4n) is 17.1. The second kappa shape index (κ2) is 31.0. The smallest absolute Gasteiger partial charge is 0.150 e. The van der Waals surface area contributed by atoms with Crippen LogP contribution in [0.3, 0.4) is 0 Å². The van der Waals surface area contributed by atoms with E-state index in [1.54, 1.807) is 24.3 Å². The van der Waals surface area contributed by atoms with Crippen LogP contribution in [0, 0.1) is 74.2 Å². The molecular weight excluding hydrogens is 1510 g/mol. The fraction of sp³-hybridized carbons (Fsp3) is 0.0370. The summed E-state index contributed by atoms with van der Waals surface area (Å²) in [5.74, 6) is -5.41. The summed E-state index contributed by atoms with van der Waals surface area (Å²) in [6.07, 6.45) is 0. The van der Waals surface area contributed by atoms with E-state index in [0.29, 0.717) is 67.8 Å². The van der Waals surface area contributed by atoms with E-state index in [-0.39, 0.29) is 45.0 Å². The number of hydrogen-bond acceptors (Lipinski definition) is 4.